The number of anilines is 1. The number of aromatic nitrogens is 1. The summed E-state index contributed by atoms with van der Waals surface area (Å²) in [6.45, 7) is 0.319. The molecule has 0 saturated heterocycles. The Morgan fingerprint density at radius 3 is 2.35 bits per heavy atom. The average Bonchev–Trinajstić information content (AvgIpc) is 2.30. The maximum atomic E-state index is 12.2. The number of nitrogens with one attached hydrogen (secondary N) is 1. The topological polar surface area (TPSA) is 43.4 Å². The Balaban J connectivity index is 2.57. The van der Waals surface area contributed by atoms with Crippen molar-refractivity contribution in [1.29, 1.82) is 0 Å². The molecule has 1 N–H and O–H groups in total. The molecule has 0 aliphatic heterocycles. The molecule has 0 aliphatic carbocycles. The van der Waals surface area contributed by atoms with Crippen molar-refractivity contribution in [1.82, 2.24) is 4.98 Å². The lowest BCUT2D eigenvalue weighted by molar-refractivity contribution is -0.141. The Bertz CT molecular complexity index is 336. The van der Waals surface area contributed by atoms with Crippen LogP contribution in [0.2, 0.25) is 0 Å². The third kappa shape index (κ3) is 4.20. The number of methoxy groups -OCH3 is 2. The second-order valence-electron chi connectivity index (χ2n) is 3.21. The van der Waals surface area contributed by atoms with Gasteiger partial charge < -0.3 is 14.8 Å². The molecular formula is C10H13F3N2O2. The highest BCUT2D eigenvalue weighted by molar-refractivity contribution is 5.41. The zero-order valence-corrected chi connectivity index (χ0v) is 9.41. The third-order valence-corrected chi connectivity index (χ3v) is 2.05. The van der Waals surface area contributed by atoms with Gasteiger partial charge in [0.15, 0.2) is 6.29 Å². The number of nitrogens with zero attached hydrogens (tertiary/aromatic N) is 1. The van der Waals surface area contributed by atoms with Gasteiger partial charge >= 0.3 is 6.18 Å². The molecule has 4 nitrogen and oxygen atoms in total. The zero-order chi connectivity index (χ0) is 12.9. The van der Waals surface area contributed by atoms with E-state index in [1.54, 1.807) is 0 Å². The molecule has 1 aromatic rings. The lowest BCUT2D eigenvalue weighted by atomic mass is 10.3. The largest absolute Gasteiger partial charge is 0.433 e. The molecule has 1 aromatic heterocycles. The summed E-state index contributed by atoms with van der Waals surface area (Å²) in [5, 5.41) is 2.85. The third-order valence-electron chi connectivity index (χ3n) is 2.05. The SMILES string of the molecule is COC(CNc1ccc(C(F)(F)F)nc1)OC. The van der Waals surface area contributed by atoms with Gasteiger partial charge in [0, 0.05) is 14.2 Å². The van der Waals surface area contributed by atoms with Crippen molar-refractivity contribution < 1.29 is 22.6 Å². The van der Waals surface area contributed by atoms with Gasteiger partial charge in [-0.05, 0) is 12.1 Å². The summed E-state index contributed by atoms with van der Waals surface area (Å²) in [7, 11) is 2.95. The average molecular weight is 250 g/mol. The first-order chi connectivity index (χ1) is 7.97. The van der Waals surface area contributed by atoms with Crippen molar-refractivity contribution in [2.45, 2.75) is 12.5 Å². The number of halogens is 3. The Morgan fingerprint density at radius 2 is 1.94 bits per heavy atom. The number of ether oxygens (including phenoxy) is 2. The second kappa shape index (κ2) is 5.83. The summed E-state index contributed by atoms with van der Waals surface area (Å²) < 4.78 is 46.5. The summed E-state index contributed by atoms with van der Waals surface area (Å²) >= 11 is 0. The zero-order valence-electron chi connectivity index (χ0n) is 9.41. The van der Waals surface area contributed by atoms with E-state index in [4.69, 9.17) is 9.47 Å². The van der Waals surface area contributed by atoms with Crippen LogP contribution in [0.3, 0.4) is 0 Å². The van der Waals surface area contributed by atoms with Gasteiger partial charge in [0.2, 0.25) is 0 Å². The molecule has 17 heavy (non-hydrogen) atoms. The fraction of sp³-hybridized carbons (Fsp3) is 0.500. The Labute approximate surface area is 96.7 Å². The molecular weight excluding hydrogens is 237 g/mol. The van der Waals surface area contributed by atoms with E-state index in [0.717, 1.165) is 12.3 Å². The molecule has 0 unspecified atom stereocenters. The minimum atomic E-state index is -4.42. The fourth-order valence-corrected chi connectivity index (χ4v) is 1.13. The van der Waals surface area contributed by atoms with E-state index in [0.29, 0.717) is 12.2 Å². The van der Waals surface area contributed by atoms with Crippen LogP contribution in [0.15, 0.2) is 18.3 Å². The standard InChI is InChI=1S/C10H13F3N2O2/c1-16-9(17-2)6-14-7-3-4-8(15-5-7)10(11,12)13/h3-5,9,14H,6H2,1-2H3. The van der Waals surface area contributed by atoms with Crippen LogP contribution in [-0.2, 0) is 15.7 Å². The molecule has 0 spiro atoms. The molecule has 96 valence electrons. The van der Waals surface area contributed by atoms with Crippen LogP contribution in [0.25, 0.3) is 0 Å². The van der Waals surface area contributed by atoms with Crippen LogP contribution < -0.4 is 5.32 Å². The molecule has 0 atom stereocenters. The first kappa shape index (κ1) is 13.7. The van der Waals surface area contributed by atoms with Gasteiger partial charge in [-0.3, -0.25) is 0 Å². The lowest BCUT2D eigenvalue weighted by Gasteiger charge is -2.15. The molecule has 0 amide bonds. The van der Waals surface area contributed by atoms with Gasteiger partial charge in [-0.15, -0.1) is 0 Å². The Hall–Kier alpha value is -1.34. The summed E-state index contributed by atoms with van der Waals surface area (Å²) in [6, 6.07) is 2.22. The van der Waals surface area contributed by atoms with E-state index in [9.17, 15) is 13.2 Å². The first-order valence-corrected chi connectivity index (χ1v) is 4.80. The number of hydrogen-bond donors (Lipinski definition) is 1. The molecule has 1 rings (SSSR count). The molecule has 1 heterocycles. The molecule has 7 heteroatoms. The molecule has 0 fully saturated rings. The van der Waals surface area contributed by atoms with Gasteiger partial charge in [-0.1, -0.05) is 0 Å². The predicted octanol–water partition coefficient (Wildman–Crippen LogP) is 2.13. The number of rotatable bonds is 5. The summed E-state index contributed by atoms with van der Waals surface area (Å²) in [5.41, 5.74) is -0.449. The van der Waals surface area contributed by atoms with Crippen LogP contribution in [-0.4, -0.2) is 32.0 Å². The Morgan fingerprint density at radius 1 is 1.29 bits per heavy atom. The van der Waals surface area contributed by atoms with Crippen LogP contribution in [0.4, 0.5) is 18.9 Å². The lowest BCUT2D eigenvalue weighted by Crippen LogP contribution is -2.23. The predicted molar refractivity (Wildman–Crippen MR) is 55.5 cm³/mol. The summed E-state index contributed by atoms with van der Waals surface area (Å²) in [4.78, 5) is 3.31. The second-order valence-corrected chi connectivity index (χ2v) is 3.21. The minimum absolute atomic E-state index is 0.319. The van der Waals surface area contributed by atoms with Crippen LogP contribution in [0, 0.1) is 0 Å². The highest BCUT2D eigenvalue weighted by atomic mass is 19.4. The first-order valence-electron chi connectivity index (χ1n) is 4.80. The van der Waals surface area contributed by atoms with Gasteiger partial charge in [0.1, 0.15) is 5.69 Å². The van der Waals surface area contributed by atoms with Crippen LogP contribution in [0.1, 0.15) is 5.69 Å². The molecule has 0 bridgehead atoms. The number of alkyl halides is 3. The maximum absolute atomic E-state index is 12.2. The minimum Gasteiger partial charge on any atom is -0.379 e. The van der Waals surface area contributed by atoms with Crippen molar-refractivity contribution in [2.24, 2.45) is 0 Å². The van der Waals surface area contributed by atoms with Crippen LogP contribution in [0.5, 0.6) is 0 Å². The number of pyridine rings is 1. The van der Waals surface area contributed by atoms with E-state index in [1.165, 1.54) is 20.3 Å². The monoisotopic (exact) mass is 250 g/mol. The van der Waals surface area contributed by atoms with E-state index in [1.807, 2.05) is 0 Å². The van der Waals surface area contributed by atoms with Gasteiger partial charge in [-0.25, -0.2) is 4.98 Å². The van der Waals surface area contributed by atoms with Gasteiger partial charge in [0.05, 0.1) is 18.4 Å². The highest BCUT2D eigenvalue weighted by Gasteiger charge is 2.31. The van der Waals surface area contributed by atoms with E-state index in [-0.39, 0.29) is 0 Å². The molecule has 0 aromatic carbocycles. The Kier molecular flexibility index (Phi) is 4.71. The summed E-state index contributed by atoms with van der Waals surface area (Å²) in [6.07, 6.45) is -3.76. The van der Waals surface area contributed by atoms with E-state index >= 15 is 0 Å². The van der Waals surface area contributed by atoms with Crippen LogP contribution >= 0.6 is 0 Å². The van der Waals surface area contributed by atoms with Gasteiger partial charge in [0.25, 0.3) is 0 Å². The maximum Gasteiger partial charge on any atom is 0.433 e. The van der Waals surface area contributed by atoms with Crippen molar-refractivity contribution in [3.8, 4) is 0 Å². The normalized spacial score (nSPS) is 11.9. The molecule has 0 saturated carbocycles. The quantitative estimate of drug-likeness (QED) is 0.813. The van der Waals surface area contributed by atoms with E-state index in [2.05, 4.69) is 10.3 Å². The van der Waals surface area contributed by atoms with Crippen molar-refractivity contribution in [2.75, 3.05) is 26.1 Å². The fourth-order valence-electron chi connectivity index (χ4n) is 1.13. The van der Waals surface area contributed by atoms with Crippen molar-refractivity contribution in [3.05, 3.63) is 24.0 Å². The van der Waals surface area contributed by atoms with Crippen molar-refractivity contribution >= 4 is 5.69 Å². The smallest absolute Gasteiger partial charge is 0.379 e. The van der Waals surface area contributed by atoms with Gasteiger partial charge in [-0.2, -0.15) is 13.2 Å². The molecule has 0 radical (unpaired) electrons. The van der Waals surface area contributed by atoms with E-state index < -0.39 is 18.2 Å². The van der Waals surface area contributed by atoms with Crippen molar-refractivity contribution in [3.63, 3.8) is 0 Å². The number of hydrogen-bond acceptors (Lipinski definition) is 4. The highest BCUT2D eigenvalue weighted by Crippen LogP contribution is 2.27. The molecule has 0 aliphatic rings. The summed E-state index contributed by atoms with van der Waals surface area (Å²) in [5.74, 6) is 0.